The highest BCUT2D eigenvalue weighted by molar-refractivity contribution is 5.69. The van der Waals surface area contributed by atoms with E-state index in [1.165, 1.54) is 0 Å². The fourth-order valence-electron chi connectivity index (χ4n) is 1.14. The van der Waals surface area contributed by atoms with Gasteiger partial charge in [0.2, 0.25) is 0 Å². The van der Waals surface area contributed by atoms with Gasteiger partial charge in [-0.05, 0) is 19.4 Å². The lowest BCUT2D eigenvalue weighted by Gasteiger charge is -2.28. The Kier molecular flexibility index (Phi) is 4.90. The number of carboxylic acids is 1. The van der Waals surface area contributed by atoms with E-state index in [-0.39, 0.29) is 6.54 Å². The van der Waals surface area contributed by atoms with Gasteiger partial charge in [-0.2, -0.15) is 0 Å². The van der Waals surface area contributed by atoms with Crippen LogP contribution in [0.15, 0.2) is 0 Å². The number of carbonyl (C=O) groups is 1. The topological polar surface area (TPSA) is 40.5 Å². The summed E-state index contributed by atoms with van der Waals surface area (Å²) in [6, 6.07) is 0.339. The van der Waals surface area contributed by atoms with Gasteiger partial charge in [0, 0.05) is 6.04 Å². The molecule has 1 unspecified atom stereocenters. The fraction of sp³-hybridized carbons (Fsp3) is 0.889. The summed E-state index contributed by atoms with van der Waals surface area (Å²) in [6.07, 6.45) is 0. The standard InChI is InChI=1S/C9H19NO2/c1-5-10(6-9(11)12)8(4)7(2)3/h7-8H,5-6H2,1-4H3,(H,11,12). The van der Waals surface area contributed by atoms with Crippen LogP contribution < -0.4 is 0 Å². The number of hydrogen-bond acceptors (Lipinski definition) is 2. The minimum absolute atomic E-state index is 0.149. The van der Waals surface area contributed by atoms with Gasteiger partial charge in [0.1, 0.15) is 0 Å². The summed E-state index contributed by atoms with van der Waals surface area (Å²) >= 11 is 0. The van der Waals surface area contributed by atoms with E-state index in [0.717, 1.165) is 6.54 Å². The first-order valence-electron chi connectivity index (χ1n) is 4.44. The molecular formula is C9H19NO2. The number of hydrogen-bond donors (Lipinski definition) is 1. The van der Waals surface area contributed by atoms with Gasteiger partial charge < -0.3 is 5.11 Å². The van der Waals surface area contributed by atoms with E-state index in [4.69, 9.17) is 5.11 Å². The molecule has 0 aromatic heterocycles. The van der Waals surface area contributed by atoms with Gasteiger partial charge in [0.05, 0.1) is 6.54 Å². The summed E-state index contributed by atoms with van der Waals surface area (Å²) in [5.41, 5.74) is 0. The minimum atomic E-state index is -0.746. The Bertz CT molecular complexity index is 145. The molecule has 0 aliphatic heterocycles. The number of aliphatic carboxylic acids is 1. The minimum Gasteiger partial charge on any atom is -0.480 e. The molecule has 3 heteroatoms. The van der Waals surface area contributed by atoms with E-state index in [9.17, 15) is 4.79 Å². The molecule has 1 atom stereocenters. The van der Waals surface area contributed by atoms with Gasteiger partial charge in [-0.1, -0.05) is 20.8 Å². The van der Waals surface area contributed by atoms with Crippen LogP contribution >= 0.6 is 0 Å². The molecule has 72 valence electrons. The second-order valence-electron chi connectivity index (χ2n) is 3.44. The van der Waals surface area contributed by atoms with Gasteiger partial charge in [-0.25, -0.2) is 0 Å². The van der Waals surface area contributed by atoms with E-state index in [0.29, 0.717) is 12.0 Å². The zero-order valence-electron chi connectivity index (χ0n) is 8.37. The predicted molar refractivity (Wildman–Crippen MR) is 49.2 cm³/mol. The van der Waals surface area contributed by atoms with E-state index in [1.54, 1.807) is 0 Å². The summed E-state index contributed by atoms with van der Waals surface area (Å²) in [6.45, 7) is 9.21. The third kappa shape index (κ3) is 3.72. The Morgan fingerprint density at radius 2 is 1.92 bits per heavy atom. The largest absolute Gasteiger partial charge is 0.480 e. The molecule has 0 aromatic rings. The lowest BCUT2D eigenvalue weighted by Crippen LogP contribution is -2.40. The van der Waals surface area contributed by atoms with Crippen LogP contribution in [0.4, 0.5) is 0 Å². The fourth-order valence-corrected chi connectivity index (χ4v) is 1.14. The van der Waals surface area contributed by atoms with Crippen LogP contribution in [0.2, 0.25) is 0 Å². The van der Waals surface area contributed by atoms with E-state index >= 15 is 0 Å². The zero-order chi connectivity index (χ0) is 9.72. The van der Waals surface area contributed by atoms with Crippen LogP contribution in [0.5, 0.6) is 0 Å². The van der Waals surface area contributed by atoms with Crippen molar-refractivity contribution >= 4 is 5.97 Å². The second kappa shape index (κ2) is 5.14. The van der Waals surface area contributed by atoms with Crippen LogP contribution in [-0.2, 0) is 4.79 Å². The summed E-state index contributed by atoms with van der Waals surface area (Å²) in [4.78, 5) is 12.4. The Balaban J connectivity index is 4.04. The first-order chi connectivity index (χ1) is 5.49. The van der Waals surface area contributed by atoms with Crippen molar-refractivity contribution in [3.63, 3.8) is 0 Å². The quantitative estimate of drug-likeness (QED) is 0.684. The van der Waals surface area contributed by atoms with Gasteiger partial charge in [-0.15, -0.1) is 0 Å². The Labute approximate surface area is 74.4 Å². The molecule has 0 rings (SSSR count). The summed E-state index contributed by atoms with van der Waals surface area (Å²) in [5, 5.41) is 8.60. The molecular weight excluding hydrogens is 154 g/mol. The molecule has 0 amide bonds. The van der Waals surface area contributed by atoms with E-state index in [1.807, 2.05) is 11.8 Å². The molecule has 0 saturated heterocycles. The monoisotopic (exact) mass is 173 g/mol. The maximum atomic E-state index is 10.5. The summed E-state index contributed by atoms with van der Waals surface area (Å²) < 4.78 is 0. The molecule has 0 aliphatic rings. The van der Waals surface area contributed by atoms with E-state index in [2.05, 4.69) is 20.8 Å². The predicted octanol–water partition coefficient (Wildman–Crippen LogP) is 1.44. The van der Waals surface area contributed by atoms with Gasteiger partial charge >= 0.3 is 5.97 Å². The Morgan fingerprint density at radius 1 is 1.42 bits per heavy atom. The molecule has 0 heterocycles. The lowest BCUT2D eigenvalue weighted by molar-refractivity contribution is -0.139. The maximum absolute atomic E-state index is 10.5. The van der Waals surface area contributed by atoms with Crippen molar-refractivity contribution in [2.45, 2.75) is 33.7 Å². The molecule has 12 heavy (non-hydrogen) atoms. The molecule has 0 spiro atoms. The molecule has 0 bridgehead atoms. The normalized spacial score (nSPS) is 13.8. The Hall–Kier alpha value is -0.570. The van der Waals surface area contributed by atoms with Crippen molar-refractivity contribution in [3.8, 4) is 0 Å². The van der Waals surface area contributed by atoms with Crippen molar-refractivity contribution < 1.29 is 9.90 Å². The van der Waals surface area contributed by atoms with Gasteiger partial charge in [0.15, 0.2) is 0 Å². The molecule has 3 nitrogen and oxygen atoms in total. The lowest BCUT2D eigenvalue weighted by atomic mass is 10.0. The highest BCUT2D eigenvalue weighted by Gasteiger charge is 2.17. The van der Waals surface area contributed by atoms with Crippen molar-refractivity contribution in [2.24, 2.45) is 5.92 Å². The van der Waals surface area contributed by atoms with Crippen molar-refractivity contribution in [2.75, 3.05) is 13.1 Å². The molecule has 1 N–H and O–H groups in total. The van der Waals surface area contributed by atoms with E-state index < -0.39 is 5.97 Å². The average molecular weight is 173 g/mol. The zero-order valence-corrected chi connectivity index (χ0v) is 8.37. The van der Waals surface area contributed by atoms with Crippen molar-refractivity contribution in [1.29, 1.82) is 0 Å². The average Bonchev–Trinajstić information content (AvgIpc) is 1.98. The number of likely N-dealkylation sites (N-methyl/N-ethyl adjacent to an activating group) is 1. The molecule has 0 fully saturated rings. The van der Waals surface area contributed by atoms with Crippen LogP contribution in [-0.4, -0.2) is 35.1 Å². The van der Waals surface area contributed by atoms with Crippen molar-refractivity contribution in [3.05, 3.63) is 0 Å². The Morgan fingerprint density at radius 3 is 2.17 bits per heavy atom. The van der Waals surface area contributed by atoms with Gasteiger partial charge in [-0.3, -0.25) is 9.69 Å². The highest BCUT2D eigenvalue weighted by Crippen LogP contribution is 2.08. The second-order valence-corrected chi connectivity index (χ2v) is 3.44. The highest BCUT2D eigenvalue weighted by atomic mass is 16.4. The maximum Gasteiger partial charge on any atom is 0.317 e. The van der Waals surface area contributed by atoms with Crippen LogP contribution in [0.3, 0.4) is 0 Å². The first kappa shape index (κ1) is 11.4. The summed E-state index contributed by atoms with van der Waals surface area (Å²) in [5.74, 6) is -0.242. The number of rotatable bonds is 5. The SMILES string of the molecule is CCN(CC(=O)O)C(C)C(C)C. The summed E-state index contributed by atoms with van der Waals surface area (Å²) in [7, 11) is 0. The molecule has 0 aromatic carbocycles. The number of nitrogens with zero attached hydrogens (tertiary/aromatic N) is 1. The van der Waals surface area contributed by atoms with Crippen LogP contribution in [0.25, 0.3) is 0 Å². The smallest absolute Gasteiger partial charge is 0.317 e. The molecule has 0 radical (unpaired) electrons. The third-order valence-electron chi connectivity index (χ3n) is 2.29. The van der Waals surface area contributed by atoms with Crippen LogP contribution in [0.1, 0.15) is 27.7 Å². The number of carboxylic acid groups (broad SMARTS) is 1. The third-order valence-corrected chi connectivity index (χ3v) is 2.29. The van der Waals surface area contributed by atoms with Crippen molar-refractivity contribution in [1.82, 2.24) is 4.90 Å². The molecule has 0 aliphatic carbocycles. The van der Waals surface area contributed by atoms with Gasteiger partial charge in [0.25, 0.3) is 0 Å². The first-order valence-corrected chi connectivity index (χ1v) is 4.44. The van der Waals surface area contributed by atoms with Crippen LogP contribution in [0, 0.1) is 5.92 Å². The molecule has 0 saturated carbocycles.